The van der Waals surface area contributed by atoms with Crippen LogP contribution in [0, 0.1) is 17.7 Å². The third kappa shape index (κ3) is 3.56. The molecule has 1 unspecified atom stereocenters. The van der Waals surface area contributed by atoms with Crippen molar-refractivity contribution in [1.82, 2.24) is 4.90 Å². The van der Waals surface area contributed by atoms with Crippen molar-refractivity contribution in [3.63, 3.8) is 0 Å². The molecule has 1 atom stereocenters. The van der Waals surface area contributed by atoms with Gasteiger partial charge in [0.25, 0.3) is 0 Å². The largest absolute Gasteiger partial charge is 0.491 e. The Morgan fingerprint density at radius 3 is 2.74 bits per heavy atom. The van der Waals surface area contributed by atoms with E-state index in [0.717, 1.165) is 31.1 Å². The number of benzene rings is 1. The van der Waals surface area contributed by atoms with E-state index in [-0.39, 0.29) is 5.46 Å². The monoisotopic (exact) mass is 265 g/mol. The molecule has 1 heterocycles. The maximum Gasteiger partial charge on any atom is 0.491 e. The predicted molar refractivity (Wildman–Crippen MR) is 74.4 cm³/mol. The fraction of sp³-hybridized carbons (Fsp3) is 0.571. The van der Waals surface area contributed by atoms with Crippen LogP contribution >= 0.6 is 0 Å². The van der Waals surface area contributed by atoms with Gasteiger partial charge in [0.2, 0.25) is 0 Å². The molecule has 104 valence electrons. The maximum atomic E-state index is 13.4. The Balaban J connectivity index is 2.02. The number of nitrogens with zero attached hydrogens (tertiary/aromatic N) is 1. The molecule has 1 saturated heterocycles. The Kier molecular flexibility index (Phi) is 4.60. The minimum Gasteiger partial charge on any atom is -0.423 e. The highest BCUT2D eigenvalue weighted by Gasteiger charge is 2.25. The first-order valence-electron chi connectivity index (χ1n) is 6.84. The van der Waals surface area contributed by atoms with E-state index in [1.54, 1.807) is 12.1 Å². The van der Waals surface area contributed by atoms with Crippen LogP contribution in [0.25, 0.3) is 0 Å². The van der Waals surface area contributed by atoms with Crippen molar-refractivity contribution < 1.29 is 14.4 Å². The predicted octanol–water partition coefficient (Wildman–Crippen LogP) is 0.983. The van der Waals surface area contributed by atoms with Gasteiger partial charge in [0, 0.05) is 18.6 Å². The lowest BCUT2D eigenvalue weighted by Crippen LogP contribution is -2.33. The van der Waals surface area contributed by atoms with Crippen molar-refractivity contribution in [1.29, 1.82) is 0 Å². The second-order valence-electron chi connectivity index (χ2n) is 5.76. The number of hydrogen-bond acceptors (Lipinski definition) is 3. The van der Waals surface area contributed by atoms with E-state index >= 15 is 0 Å². The fourth-order valence-corrected chi connectivity index (χ4v) is 2.70. The Labute approximate surface area is 114 Å². The molecule has 19 heavy (non-hydrogen) atoms. The first-order chi connectivity index (χ1) is 8.97. The van der Waals surface area contributed by atoms with E-state index in [4.69, 9.17) is 10.0 Å². The molecule has 1 aliphatic rings. The van der Waals surface area contributed by atoms with Crippen molar-refractivity contribution in [2.24, 2.45) is 11.8 Å². The Morgan fingerprint density at radius 1 is 1.42 bits per heavy atom. The van der Waals surface area contributed by atoms with E-state index in [1.807, 2.05) is 0 Å². The molecule has 0 amide bonds. The summed E-state index contributed by atoms with van der Waals surface area (Å²) in [6, 6.07) is 4.56. The zero-order chi connectivity index (χ0) is 14.0. The Hall–Kier alpha value is -0.905. The van der Waals surface area contributed by atoms with Gasteiger partial charge in [-0.2, -0.15) is 0 Å². The molecule has 3 nitrogen and oxygen atoms in total. The fourth-order valence-electron chi connectivity index (χ4n) is 2.70. The van der Waals surface area contributed by atoms with E-state index in [0.29, 0.717) is 5.92 Å². The van der Waals surface area contributed by atoms with Gasteiger partial charge in [-0.3, -0.25) is 4.90 Å². The van der Waals surface area contributed by atoms with Gasteiger partial charge in [0.05, 0.1) is 0 Å². The molecule has 1 aliphatic heterocycles. The molecule has 0 saturated carbocycles. The van der Waals surface area contributed by atoms with E-state index in [9.17, 15) is 4.39 Å². The number of halogens is 1. The molecule has 5 heteroatoms. The van der Waals surface area contributed by atoms with E-state index in [1.165, 1.54) is 12.5 Å². The van der Waals surface area contributed by atoms with Crippen LogP contribution in [0.1, 0.15) is 25.8 Å². The van der Waals surface area contributed by atoms with Crippen LogP contribution in [0.4, 0.5) is 4.39 Å². The number of hydrogen-bond donors (Lipinski definition) is 2. The van der Waals surface area contributed by atoms with Crippen LogP contribution in [0.5, 0.6) is 0 Å². The first kappa shape index (κ1) is 14.5. The van der Waals surface area contributed by atoms with Crippen molar-refractivity contribution in [3.05, 3.63) is 29.6 Å². The number of rotatable bonds is 4. The zero-order valence-electron chi connectivity index (χ0n) is 11.5. The normalized spacial score (nSPS) is 20.2. The van der Waals surface area contributed by atoms with Crippen LogP contribution in [0.3, 0.4) is 0 Å². The lowest BCUT2D eigenvalue weighted by Gasteiger charge is -2.18. The summed E-state index contributed by atoms with van der Waals surface area (Å²) in [7, 11) is -1.75. The molecule has 2 N–H and O–H groups in total. The van der Waals surface area contributed by atoms with Crippen molar-refractivity contribution in [3.8, 4) is 0 Å². The lowest BCUT2D eigenvalue weighted by atomic mass is 9.79. The second kappa shape index (κ2) is 6.03. The van der Waals surface area contributed by atoms with Gasteiger partial charge in [-0.25, -0.2) is 4.39 Å². The summed E-state index contributed by atoms with van der Waals surface area (Å²) in [5, 5.41) is 18.2. The third-order valence-corrected chi connectivity index (χ3v) is 4.00. The molecular formula is C14H21BFNO2. The van der Waals surface area contributed by atoms with Crippen LogP contribution in [-0.4, -0.2) is 35.2 Å². The molecule has 0 radical (unpaired) electrons. The summed E-state index contributed by atoms with van der Waals surface area (Å²) < 4.78 is 13.4. The summed E-state index contributed by atoms with van der Waals surface area (Å²) in [5.74, 6) is 0.844. The summed E-state index contributed by atoms with van der Waals surface area (Å²) in [5.41, 5.74) is 0.881. The molecule has 1 aromatic rings. The highest BCUT2D eigenvalue weighted by atomic mass is 19.1. The highest BCUT2D eigenvalue weighted by molar-refractivity contribution is 6.58. The molecule has 0 aliphatic carbocycles. The first-order valence-corrected chi connectivity index (χ1v) is 6.84. The maximum absolute atomic E-state index is 13.4. The van der Waals surface area contributed by atoms with Gasteiger partial charge in [0.15, 0.2) is 0 Å². The minimum absolute atomic E-state index is 0.0443. The van der Waals surface area contributed by atoms with Crippen LogP contribution in [-0.2, 0) is 6.54 Å². The molecule has 0 spiro atoms. The summed E-state index contributed by atoms with van der Waals surface area (Å²) in [6.07, 6.45) is 1.20. The van der Waals surface area contributed by atoms with Crippen LogP contribution < -0.4 is 5.46 Å². The van der Waals surface area contributed by atoms with Crippen molar-refractivity contribution in [2.75, 3.05) is 13.1 Å². The molecule has 1 fully saturated rings. The molecule has 1 aromatic carbocycles. The average molecular weight is 265 g/mol. The number of likely N-dealkylation sites (tertiary alicyclic amines) is 1. The van der Waals surface area contributed by atoms with Crippen molar-refractivity contribution in [2.45, 2.75) is 26.8 Å². The smallest absolute Gasteiger partial charge is 0.423 e. The van der Waals surface area contributed by atoms with Gasteiger partial charge in [0.1, 0.15) is 5.82 Å². The lowest BCUT2D eigenvalue weighted by molar-refractivity contribution is 0.297. The molecule has 0 aromatic heterocycles. The SMILES string of the molecule is CC(C)C1CCN(Cc2ccc(F)c(B(O)O)c2)C1. The molecular weight excluding hydrogens is 244 g/mol. The van der Waals surface area contributed by atoms with Gasteiger partial charge >= 0.3 is 7.12 Å². The van der Waals surface area contributed by atoms with E-state index in [2.05, 4.69) is 18.7 Å². The highest BCUT2D eigenvalue weighted by Crippen LogP contribution is 2.24. The minimum atomic E-state index is -1.75. The summed E-state index contributed by atoms with van der Waals surface area (Å²) in [6.45, 7) is 7.34. The summed E-state index contributed by atoms with van der Waals surface area (Å²) in [4.78, 5) is 2.34. The molecule has 2 rings (SSSR count). The third-order valence-electron chi connectivity index (χ3n) is 4.00. The van der Waals surface area contributed by atoms with Gasteiger partial charge < -0.3 is 10.0 Å². The van der Waals surface area contributed by atoms with Gasteiger partial charge in [-0.1, -0.05) is 26.0 Å². The Bertz CT molecular complexity index is 439. The van der Waals surface area contributed by atoms with Crippen molar-refractivity contribution >= 4 is 12.6 Å². The second-order valence-corrected chi connectivity index (χ2v) is 5.76. The topological polar surface area (TPSA) is 43.7 Å². The molecule has 0 bridgehead atoms. The zero-order valence-corrected chi connectivity index (χ0v) is 11.5. The van der Waals surface area contributed by atoms with Gasteiger partial charge in [-0.15, -0.1) is 0 Å². The van der Waals surface area contributed by atoms with Crippen LogP contribution in [0.15, 0.2) is 18.2 Å². The quantitative estimate of drug-likeness (QED) is 0.798. The average Bonchev–Trinajstić information content (AvgIpc) is 2.80. The van der Waals surface area contributed by atoms with Crippen LogP contribution in [0.2, 0.25) is 0 Å². The summed E-state index contributed by atoms with van der Waals surface area (Å²) >= 11 is 0. The Morgan fingerprint density at radius 2 is 2.16 bits per heavy atom. The van der Waals surface area contributed by atoms with Gasteiger partial charge in [-0.05, 0) is 36.4 Å². The standard InChI is InChI=1S/C14H21BFNO2/c1-10(2)12-5-6-17(9-12)8-11-3-4-14(16)13(7-11)15(18)19/h3-4,7,10,12,18-19H,5-6,8-9H2,1-2H3. The van der Waals surface area contributed by atoms with E-state index < -0.39 is 12.9 Å².